The quantitative estimate of drug-likeness (QED) is 0.860. The highest BCUT2D eigenvalue weighted by molar-refractivity contribution is 5.47. The molecular weight excluding hydrogens is 312 g/mol. The maximum atomic E-state index is 10.9. The minimum absolute atomic E-state index is 0.0729. The molecule has 136 valence electrons. The maximum Gasteiger partial charge on any atom is 0.154 e. The van der Waals surface area contributed by atoms with E-state index in [1.54, 1.807) is 0 Å². The molecular formula is C21H30N2O2. The summed E-state index contributed by atoms with van der Waals surface area (Å²) in [6.07, 6.45) is 3.20. The fourth-order valence-electron chi connectivity index (χ4n) is 3.75. The van der Waals surface area contributed by atoms with Crippen LogP contribution in [0, 0.1) is 6.92 Å². The number of rotatable bonds is 4. The van der Waals surface area contributed by atoms with Crippen LogP contribution in [0.2, 0.25) is 0 Å². The summed E-state index contributed by atoms with van der Waals surface area (Å²) in [4.78, 5) is 2.40. The molecule has 1 atom stereocenters. The summed E-state index contributed by atoms with van der Waals surface area (Å²) in [5.41, 5.74) is 4.19. The zero-order chi connectivity index (χ0) is 18.2. The Bertz CT molecular complexity index is 743. The van der Waals surface area contributed by atoms with Gasteiger partial charge in [-0.05, 0) is 49.3 Å². The number of nitrogens with zero attached hydrogens (tertiary/aromatic N) is 2. The van der Waals surface area contributed by atoms with E-state index in [1.807, 2.05) is 13.0 Å². The Morgan fingerprint density at radius 2 is 2.04 bits per heavy atom. The van der Waals surface area contributed by atoms with Crippen LogP contribution in [-0.2, 0) is 18.4 Å². The lowest BCUT2D eigenvalue weighted by molar-refractivity contribution is 0.204. The van der Waals surface area contributed by atoms with E-state index < -0.39 is 0 Å². The molecule has 0 bridgehead atoms. The molecule has 0 saturated carbocycles. The van der Waals surface area contributed by atoms with Crippen LogP contribution >= 0.6 is 0 Å². The molecule has 0 aliphatic carbocycles. The zero-order valence-electron chi connectivity index (χ0n) is 16.1. The van der Waals surface area contributed by atoms with Crippen molar-refractivity contribution in [3.05, 3.63) is 46.3 Å². The van der Waals surface area contributed by atoms with Gasteiger partial charge in [-0.3, -0.25) is 4.90 Å². The van der Waals surface area contributed by atoms with E-state index in [9.17, 15) is 5.11 Å². The summed E-state index contributed by atoms with van der Waals surface area (Å²) in [5, 5.41) is 14.9. The van der Waals surface area contributed by atoms with E-state index in [2.05, 4.69) is 49.9 Å². The van der Waals surface area contributed by atoms with Gasteiger partial charge >= 0.3 is 0 Å². The van der Waals surface area contributed by atoms with Gasteiger partial charge in [0.1, 0.15) is 5.75 Å². The Morgan fingerprint density at radius 1 is 1.28 bits per heavy atom. The summed E-state index contributed by atoms with van der Waals surface area (Å²) in [6.45, 7) is 12.3. The fraction of sp³-hybridized carbons (Fsp3) is 0.571. The van der Waals surface area contributed by atoms with Gasteiger partial charge in [0, 0.05) is 18.2 Å². The van der Waals surface area contributed by atoms with E-state index in [4.69, 9.17) is 4.52 Å². The second-order valence-corrected chi connectivity index (χ2v) is 8.25. The van der Waals surface area contributed by atoms with E-state index in [-0.39, 0.29) is 11.5 Å². The highest BCUT2D eigenvalue weighted by Gasteiger charge is 2.30. The van der Waals surface area contributed by atoms with Crippen molar-refractivity contribution in [2.24, 2.45) is 0 Å². The molecule has 1 aromatic carbocycles. The summed E-state index contributed by atoms with van der Waals surface area (Å²) in [5.74, 6) is 1.39. The third-order valence-electron chi connectivity index (χ3n) is 5.18. The highest BCUT2D eigenvalue weighted by atomic mass is 16.5. The number of hydrogen-bond acceptors (Lipinski definition) is 4. The molecule has 4 heteroatoms. The minimum Gasteiger partial charge on any atom is -0.507 e. The molecule has 0 amide bonds. The monoisotopic (exact) mass is 342 g/mol. The Labute approximate surface area is 150 Å². The molecule has 2 aromatic rings. The Morgan fingerprint density at radius 3 is 2.64 bits per heavy atom. The normalized spacial score (nSPS) is 18.8. The summed E-state index contributed by atoms with van der Waals surface area (Å²) in [7, 11) is 0. The van der Waals surface area contributed by atoms with Crippen molar-refractivity contribution in [1.82, 2.24) is 10.1 Å². The molecule has 1 saturated heterocycles. The number of benzene rings is 1. The van der Waals surface area contributed by atoms with Crippen LogP contribution in [0.5, 0.6) is 5.75 Å². The predicted octanol–water partition coefficient (Wildman–Crippen LogP) is 4.89. The lowest BCUT2D eigenvalue weighted by Gasteiger charge is -2.27. The topological polar surface area (TPSA) is 49.5 Å². The average Bonchev–Trinajstić information content (AvgIpc) is 3.16. The van der Waals surface area contributed by atoms with Crippen LogP contribution in [0.3, 0.4) is 0 Å². The van der Waals surface area contributed by atoms with Crippen LogP contribution in [0.15, 0.2) is 22.7 Å². The van der Waals surface area contributed by atoms with Gasteiger partial charge < -0.3 is 9.63 Å². The first-order valence-electron chi connectivity index (χ1n) is 9.32. The first-order chi connectivity index (χ1) is 11.8. The van der Waals surface area contributed by atoms with Crippen molar-refractivity contribution in [3.63, 3.8) is 0 Å². The summed E-state index contributed by atoms with van der Waals surface area (Å²) >= 11 is 0. The SMILES string of the molecule is CCc1cc(CN2CCCC2c2cc(C)no2)c(O)c(C(C)(C)C)c1. The predicted molar refractivity (Wildman–Crippen MR) is 99.8 cm³/mol. The van der Waals surface area contributed by atoms with Gasteiger partial charge in [-0.15, -0.1) is 0 Å². The third-order valence-corrected chi connectivity index (χ3v) is 5.18. The standard InChI is InChI=1S/C21H30N2O2/c1-6-15-11-16(20(24)17(12-15)21(3,4)5)13-23-9-7-8-18(23)19-10-14(2)22-25-19/h10-12,18,24H,6-9,13H2,1-5H3. The van der Waals surface area contributed by atoms with Gasteiger partial charge in [-0.25, -0.2) is 0 Å². The third kappa shape index (κ3) is 3.74. The number of likely N-dealkylation sites (tertiary alicyclic amines) is 1. The highest BCUT2D eigenvalue weighted by Crippen LogP contribution is 2.38. The van der Waals surface area contributed by atoms with E-state index in [1.165, 1.54) is 5.56 Å². The van der Waals surface area contributed by atoms with E-state index in [0.717, 1.165) is 54.9 Å². The summed E-state index contributed by atoms with van der Waals surface area (Å²) in [6, 6.07) is 6.60. The molecule has 1 aliphatic heterocycles. The number of aryl methyl sites for hydroxylation is 2. The lowest BCUT2D eigenvalue weighted by Crippen LogP contribution is -2.23. The van der Waals surface area contributed by atoms with Crippen molar-refractivity contribution in [2.45, 2.75) is 71.9 Å². The molecule has 25 heavy (non-hydrogen) atoms. The van der Waals surface area contributed by atoms with E-state index >= 15 is 0 Å². The molecule has 2 heterocycles. The van der Waals surface area contributed by atoms with Gasteiger partial charge in [0.15, 0.2) is 5.76 Å². The first-order valence-corrected chi connectivity index (χ1v) is 9.32. The van der Waals surface area contributed by atoms with Crippen molar-refractivity contribution in [2.75, 3.05) is 6.54 Å². The molecule has 1 fully saturated rings. The van der Waals surface area contributed by atoms with Crippen LogP contribution in [0.1, 0.15) is 74.7 Å². The smallest absolute Gasteiger partial charge is 0.154 e. The second kappa shape index (κ2) is 6.83. The van der Waals surface area contributed by atoms with Crippen molar-refractivity contribution in [3.8, 4) is 5.75 Å². The van der Waals surface area contributed by atoms with Crippen LogP contribution in [0.4, 0.5) is 0 Å². The Kier molecular flexibility index (Phi) is 4.92. The largest absolute Gasteiger partial charge is 0.507 e. The number of aromatic hydroxyl groups is 1. The van der Waals surface area contributed by atoms with E-state index in [0.29, 0.717) is 5.75 Å². The Hall–Kier alpha value is -1.81. The van der Waals surface area contributed by atoms with Gasteiger partial charge in [-0.1, -0.05) is 45.0 Å². The molecule has 1 aromatic heterocycles. The first kappa shape index (κ1) is 18.0. The molecule has 4 nitrogen and oxygen atoms in total. The zero-order valence-corrected chi connectivity index (χ0v) is 16.1. The van der Waals surface area contributed by atoms with Crippen molar-refractivity contribution >= 4 is 0 Å². The molecule has 1 aliphatic rings. The van der Waals surface area contributed by atoms with Crippen molar-refractivity contribution in [1.29, 1.82) is 0 Å². The van der Waals surface area contributed by atoms with Gasteiger partial charge in [0.2, 0.25) is 0 Å². The van der Waals surface area contributed by atoms with Crippen LogP contribution in [0.25, 0.3) is 0 Å². The van der Waals surface area contributed by atoms with Gasteiger partial charge in [0.25, 0.3) is 0 Å². The number of phenolic OH excluding ortho intramolecular Hbond substituents is 1. The molecule has 1 unspecified atom stereocenters. The minimum atomic E-state index is -0.0729. The van der Waals surface area contributed by atoms with Gasteiger partial charge in [-0.2, -0.15) is 0 Å². The van der Waals surface area contributed by atoms with Crippen LogP contribution in [-0.4, -0.2) is 21.7 Å². The number of phenols is 1. The fourth-order valence-corrected chi connectivity index (χ4v) is 3.75. The van der Waals surface area contributed by atoms with Crippen molar-refractivity contribution < 1.29 is 9.63 Å². The number of hydrogen-bond donors (Lipinski definition) is 1. The average molecular weight is 342 g/mol. The van der Waals surface area contributed by atoms with Crippen LogP contribution < -0.4 is 0 Å². The molecule has 0 radical (unpaired) electrons. The van der Waals surface area contributed by atoms with Gasteiger partial charge in [0.05, 0.1) is 11.7 Å². The maximum absolute atomic E-state index is 10.9. The molecule has 0 spiro atoms. The number of aromatic nitrogens is 1. The molecule has 3 rings (SSSR count). The Balaban J connectivity index is 1.91. The second-order valence-electron chi connectivity index (χ2n) is 8.25. The lowest BCUT2D eigenvalue weighted by atomic mass is 9.83. The summed E-state index contributed by atoms with van der Waals surface area (Å²) < 4.78 is 5.52. The molecule has 1 N–H and O–H groups in total.